The Labute approximate surface area is 239 Å². The quantitative estimate of drug-likeness (QED) is 0.0518. The van der Waals surface area contributed by atoms with Crippen LogP contribution >= 0.6 is 22.6 Å². The lowest BCUT2D eigenvalue weighted by Gasteiger charge is -2.39. The summed E-state index contributed by atoms with van der Waals surface area (Å²) >= 11 is 2.23. The summed E-state index contributed by atoms with van der Waals surface area (Å²) in [5.41, 5.74) is 1.23. The number of ether oxygens (including phenoxy) is 1. The molecule has 0 aliphatic carbocycles. The van der Waals surface area contributed by atoms with Crippen LogP contribution in [0.4, 0.5) is 0 Å². The Kier molecular flexibility index (Phi) is 16.8. The number of hydrogen-bond donors (Lipinski definition) is 0. The third-order valence-electron chi connectivity index (χ3n) is 8.09. The van der Waals surface area contributed by atoms with Crippen molar-refractivity contribution in [3.05, 3.63) is 34.0 Å². The maximum atomic E-state index is 11.9. The van der Waals surface area contributed by atoms with Gasteiger partial charge in [0, 0.05) is 18.9 Å². The molecule has 0 rings (SSSR count). The molecule has 5 atom stereocenters. The predicted molar refractivity (Wildman–Crippen MR) is 170 cm³/mol. The molecule has 0 fully saturated rings. The van der Waals surface area contributed by atoms with E-state index in [1.807, 2.05) is 17.1 Å². The van der Waals surface area contributed by atoms with E-state index in [1.54, 1.807) is 7.11 Å². The zero-order chi connectivity index (χ0) is 28.2. The molecule has 4 nitrogen and oxygen atoms in total. The molecule has 0 saturated carbocycles. The average molecular weight is 651 g/mol. The number of hydrogen-bond acceptors (Lipinski definition) is 4. The third-order valence-corrected chi connectivity index (χ3v) is 17.7. The highest BCUT2D eigenvalue weighted by atomic mass is 127. The van der Waals surface area contributed by atoms with Crippen LogP contribution in [0.2, 0.25) is 36.3 Å². The van der Waals surface area contributed by atoms with Gasteiger partial charge in [-0.3, -0.25) is 0 Å². The van der Waals surface area contributed by atoms with Gasteiger partial charge in [-0.2, -0.15) is 0 Å². The van der Waals surface area contributed by atoms with Crippen molar-refractivity contribution in [2.45, 2.75) is 123 Å². The molecule has 0 bridgehead atoms. The van der Waals surface area contributed by atoms with Crippen LogP contribution in [0.3, 0.4) is 0 Å². The van der Waals surface area contributed by atoms with E-state index in [4.69, 9.17) is 13.6 Å². The number of carbonyl (C=O) groups is 1. The third kappa shape index (κ3) is 11.4. The Hall–Kier alpha value is -0.0662. The Balaban J connectivity index is 5.98. The lowest BCUT2D eigenvalue weighted by Crippen LogP contribution is -2.47. The van der Waals surface area contributed by atoms with E-state index in [9.17, 15) is 4.79 Å². The molecule has 0 saturated heterocycles. The van der Waals surface area contributed by atoms with Crippen molar-refractivity contribution in [2.24, 2.45) is 11.8 Å². The predicted octanol–water partition coefficient (Wildman–Crippen LogP) is 9.09. The van der Waals surface area contributed by atoms with Gasteiger partial charge in [-0.05, 0) is 53.7 Å². The molecule has 36 heavy (non-hydrogen) atoms. The van der Waals surface area contributed by atoms with Crippen molar-refractivity contribution in [1.82, 2.24) is 0 Å². The summed E-state index contributed by atoms with van der Waals surface area (Å²) < 4.78 is 21.6. The second kappa shape index (κ2) is 16.8. The van der Waals surface area contributed by atoms with Gasteiger partial charge >= 0.3 is 0 Å². The summed E-state index contributed by atoms with van der Waals surface area (Å²) in [6, 6.07) is 3.18. The van der Waals surface area contributed by atoms with Crippen LogP contribution in [0.1, 0.15) is 68.7 Å². The Morgan fingerprint density at radius 2 is 1.56 bits per heavy atom. The molecule has 0 heterocycles. The molecule has 0 aromatic carbocycles. The highest BCUT2D eigenvalue weighted by Gasteiger charge is 2.40. The second-order valence-corrected chi connectivity index (χ2v) is 21.9. The second-order valence-electron chi connectivity index (χ2n) is 11.7. The van der Waals surface area contributed by atoms with Crippen LogP contribution in [0.25, 0.3) is 0 Å². The number of methoxy groups -OCH3 is 1. The van der Waals surface area contributed by atoms with Crippen LogP contribution in [-0.4, -0.2) is 48.3 Å². The van der Waals surface area contributed by atoms with Gasteiger partial charge in [-0.25, -0.2) is 0 Å². The summed E-state index contributed by atoms with van der Waals surface area (Å²) in [7, 11) is -2.05. The van der Waals surface area contributed by atoms with Crippen molar-refractivity contribution < 1.29 is 18.4 Å². The average Bonchev–Trinajstić information content (AvgIpc) is 2.82. The van der Waals surface area contributed by atoms with E-state index in [2.05, 4.69) is 109 Å². The van der Waals surface area contributed by atoms with E-state index in [-0.39, 0.29) is 35.2 Å². The van der Waals surface area contributed by atoms with Crippen molar-refractivity contribution in [3.63, 3.8) is 0 Å². The fourth-order valence-electron chi connectivity index (χ4n) is 4.28. The molecule has 0 radical (unpaired) electrons. The standard InChI is InChI=1S/C29H55IO4Si2/c1-13-36(14-2,15-3)34-28(24(5)22-31)25(6)27(32-10)21-23(4)20-26(18-16-17-19-30)33-35(11,12)29(7,8)9/h16-19,21-22,24-28H,13-15,20H2,1-12H3/b18-16+,19-17+,23-21+/t24-,25+,26-,27+,28-/m0/s1. The van der Waals surface area contributed by atoms with Gasteiger partial charge in [-0.15, -0.1) is 0 Å². The first-order valence-corrected chi connectivity index (χ1v) is 20.3. The van der Waals surface area contributed by atoms with Crippen molar-refractivity contribution in [2.75, 3.05) is 7.11 Å². The van der Waals surface area contributed by atoms with E-state index in [1.165, 1.54) is 5.57 Å². The molecule has 0 unspecified atom stereocenters. The zero-order valence-electron chi connectivity index (χ0n) is 25.2. The highest BCUT2D eigenvalue weighted by molar-refractivity contribution is 14.1. The number of halogens is 1. The van der Waals surface area contributed by atoms with E-state index < -0.39 is 16.6 Å². The van der Waals surface area contributed by atoms with Gasteiger partial charge in [0.25, 0.3) is 0 Å². The lowest BCUT2D eigenvalue weighted by atomic mass is 9.88. The minimum Gasteiger partial charge on any atom is -0.413 e. The van der Waals surface area contributed by atoms with Crippen LogP contribution in [0, 0.1) is 11.8 Å². The number of allylic oxidation sites excluding steroid dienone is 2. The molecule has 0 aromatic rings. The first-order chi connectivity index (χ1) is 16.7. The molecule has 210 valence electrons. The lowest BCUT2D eigenvalue weighted by molar-refractivity contribution is -0.115. The summed E-state index contributed by atoms with van der Waals surface area (Å²) in [5.74, 6) is -0.125. The van der Waals surface area contributed by atoms with Gasteiger partial charge < -0.3 is 18.4 Å². The summed E-state index contributed by atoms with van der Waals surface area (Å²) in [4.78, 5) is 11.9. The number of rotatable bonds is 17. The molecule has 7 heteroatoms. The molecular formula is C29H55IO4Si2. The SMILES string of the molecule is CC[Si](CC)(CC)O[C@H]([C@H](C)[C@@H](/C=C(\C)C[C@H](/C=C/C=C/I)O[Si](C)(C)C(C)(C)C)OC)[C@@H](C)C=O. The Morgan fingerprint density at radius 1 is 1.00 bits per heavy atom. The maximum absolute atomic E-state index is 11.9. The normalized spacial score (nSPS) is 18.4. The van der Waals surface area contributed by atoms with Crippen LogP contribution < -0.4 is 0 Å². The first kappa shape index (κ1) is 35.9. The van der Waals surface area contributed by atoms with Gasteiger partial charge in [0.05, 0.1) is 18.3 Å². The fraction of sp³-hybridized carbons (Fsp3) is 0.759. The van der Waals surface area contributed by atoms with Gasteiger partial charge in [0.1, 0.15) is 6.29 Å². The monoisotopic (exact) mass is 650 g/mol. The van der Waals surface area contributed by atoms with Crippen molar-refractivity contribution in [3.8, 4) is 0 Å². The van der Waals surface area contributed by atoms with Crippen LogP contribution in [0.5, 0.6) is 0 Å². The largest absolute Gasteiger partial charge is 0.413 e. The number of carbonyl (C=O) groups excluding carboxylic acids is 1. The van der Waals surface area contributed by atoms with Crippen LogP contribution in [0.15, 0.2) is 34.0 Å². The fourth-order valence-corrected chi connectivity index (χ4v) is 8.80. The zero-order valence-corrected chi connectivity index (χ0v) is 29.3. The summed E-state index contributed by atoms with van der Waals surface area (Å²) in [5, 5.41) is 0.142. The van der Waals surface area contributed by atoms with Crippen molar-refractivity contribution in [1.29, 1.82) is 0 Å². The summed E-state index contributed by atoms with van der Waals surface area (Å²) in [6.07, 6.45) is 10.1. The van der Waals surface area contributed by atoms with E-state index in [0.29, 0.717) is 0 Å². The molecule has 0 amide bonds. The van der Waals surface area contributed by atoms with Gasteiger partial charge in [-0.1, -0.05) is 108 Å². The topological polar surface area (TPSA) is 44.8 Å². The minimum atomic E-state index is -1.93. The Morgan fingerprint density at radius 3 is 1.97 bits per heavy atom. The smallest absolute Gasteiger partial charge is 0.192 e. The molecule has 0 spiro atoms. The molecule has 0 N–H and O–H groups in total. The Bertz CT molecular complexity index is 715. The van der Waals surface area contributed by atoms with E-state index >= 15 is 0 Å². The van der Waals surface area contributed by atoms with Crippen molar-refractivity contribution >= 4 is 45.5 Å². The molecule has 0 aromatic heterocycles. The molecule has 0 aliphatic rings. The van der Waals surface area contributed by atoms with Gasteiger partial charge in [0.15, 0.2) is 16.6 Å². The molecule has 0 aliphatic heterocycles. The number of aldehydes is 1. The van der Waals surface area contributed by atoms with Gasteiger partial charge in [0.2, 0.25) is 0 Å². The maximum Gasteiger partial charge on any atom is 0.192 e. The highest BCUT2D eigenvalue weighted by Crippen LogP contribution is 2.38. The van der Waals surface area contributed by atoms with Crippen LogP contribution in [-0.2, 0) is 18.4 Å². The first-order valence-electron chi connectivity index (χ1n) is 13.6. The summed E-state index contributed by atoms with van der Waals surface area (Å²) in [6.45, 7) is 24.4. The molecular weight excluding hydrogens is 595 g/mol. The van der Waals surface area contributed by atoms with E-state index in [0.717, 1.165) is 30.8 Å². The minimum absolute atomic E-state index is 0.00355.